The lowest BCUT2D eigenvalue weighted by molar-refractivity contribution is 0.724. The molecule has 2 aromatic rings. The van der Waals surface area contributed by atoms with E-state index in [-0.39, 0.29) is 0 Å². The van der Waals surface area contributed by atoms with Gasteiger partial charge in [0.25, 0.3) is 0 Å². The first-order chi connectivity index (χ1) is 8.80. The maximum Gasteiger partial charge on any atom is 0.180 e. The molecule has 0 saturated carbocycles. The Bertz CT molecular complexity index is 505. The molecular formula is C13H21N5. The zero-order valence-electron chi connectivity index (χ0n) is 11.3. The molecule has 2 aromatic heterocycles. The first-order valence-corrected chi connectivity index (χ1v) is 6.56. The molecule has 0 atom stereocenters. The predicted octanol–water partition coefficient (Wildman–Crippen LogP) is 2.40. The second kappa shape index (κ2) is 5.71. The van der Waals surface area contributed by atoms with E-state index in [2.05, 4.69) is 34.0 Å². The van der Waals surface area contributed by atoms with Crippen molar-refractivity contribution in [3.8, 4) is 0 Å². The summed E-state index contributed by atoms with van der Waals surface area (Å²) < 4.78 is 2.02. The maximum absolute atomic E-state index is 4.65. The van der Waals surface area contributed by atoms with Gasteiger partial charge in [0.1, 0.15) is 5.82 Å². The van der Waals surface area contributed by atoms with Crippen molar-refractivity contribution in [2.75, 3.05) is 30.4 Å². The summed E-state index contributed by atoms with van der Waals surface area (Å²) in [6.45, 7) is 6.33. The fraction of sp³-hybridized carbons (Fsp3) is 0.538. The molecule has 2 heterocycles. The van der Waals surface area contributed by atoms with Gasteiger partial charge in [0, 0.05) is 32.5 Å². The lowest BCUT2D eigenvalue weighted by Crippen LogP contribution is -2.26. The number of hydrogen-bond donors (Lipinski definition) is 1. The van der Waals surface area contributed by atoms with Crippen LogP contribution in [0, 0.1) is 0 Å². The van der Waals surface area contributed by atoms with Crippen molar-refractivity contribution in [3.63, 3.8) is 0 Å². The minimum Gasteiger partial charge on any atom is -0.372 e. The molecule has 0 aliphatic rings. The molecule has 0 bridgehead atoms. The fourth-order valence-corrected chi connectivity index (χ4v) is 2.01. The van der Waals surface area contributed by atoms with Crippen LogP contribution in [0.1, 0.15) is 26.7 Å². The molecule has 0 radical (unpaired) electrons. The summed E-state index contributed by atoms with van der Waals surface area (Å²) in [6.07, 6.45) is 8.08. The summed E-state index contributed by atoms with van der Waals surface area (Å²) in [6, 6.07) is 0. The molecule has 5 heteroatoms. The van der Waals surface area contributed by atoms with Gasteiger partial charge in [-0.1, -0.05) is 13.3 Å². The van der Waals surface area contributed by atoms with Crippen molar-refractivity contribution in [1.82, 2.24) is 14.4 Å². The van der Waals surface area contributed by atoms with Gasteiger partial charge < -0.3 is 14.6 Å². The Hall–Kier alpha value is -1.78. The summed E-state index contributed by atoms with van der Waals surface area (Å²) in [4.78, 5) is 11.3. The Labute approximate surface area is 108 Å². The molecule has 5 nitrogen and oxygen atoms in total. The van der Waals surface area contributed by atoms with Crippen molar-refractivity contribution in [1.29, 1.82) is 0 Å². The number of anilines is 2. The molecule has 98 valence electrons. The van der Waals surface area contributed by atoms with Gasteiger partial charge in [0.15, 0.2) is 11.5 Å². The van der Waals surface area contributed by atoms with Gasteiger partial charge in [0.05, 0.1) is 6.20 Å². The summed E-state index contributed by atoms with van der Waals surface area (Å²) in [5.41, 5.74) is 0.923. The normalized spacial score (nSPS) is 10.8. The maximum atomic E-state index is 4.65. The van der Waals surface area contributed by atoms with E-state index in [4.69, 9.17) is 0 Å². The third-order valence-corrected chi connectivity index (χ3v) is 3.08. The Morgan fingerprint density at radius 2 is 2.22 bits per heavy atom. The summed E-state index contributed by atoms with van der Waals surface area (Å²) in [5, 5.41) is 3.10. The minimum atomic E-state index is 0.866. The lowest BCUT2D eigenvalue weighted by atomic mass is 10.3. The van der Waals surface area contributed by atoms with Gasteiger partial charge in [-0.3, -0.25) is 0 Å². The number of rotatable bonds is 6. The topological polar surface area (TPSA) is 45.5 Å². The molecule has 1 N–H and O–H groups in total. The largest absolute Gasteiger partial charge is 0.372 e. The Kier molecular flexibility index (Phi) is 4.02. The number of hydrogen-bond acceptors (Lipinski definition) is 4. The van der Waals surface area contributed by atoms with Crippen molar-refractivity contribution >= 4 is 17.3 Å². The van der Waals surface area contributed by atoms with E-state index in [0.29, 0.717) is 0 Å². The molecule has 0 unspecified atom stereocenters. The Morgan fingerprint density at radius 1 is 1.39 bits per heavy atom. The van der Waals surface area contributed by atoms with Gasteiger partial charge >= 0.3 is 0 Å². The van der Waals surface area contributed by atoms with Crippen molar-refractivity contribution in [2.45, 2.75) is 26.7 Å². The van der Waals surface area contributed by atoms with Crippen LogP contribution < -0.4 is 10.2 Å². The number of nitrogens with one attached hydrogen (secondary N) is 1. The van der Waals surface area contributed by atoms with Crippen molar-refractivity contribution < 1.29 is 0 Å². The molecule has 0 aromatic carbocycles. The van der Waals surface area contributed by atoms with E-state index in [1.165, 1.54) is 12.8 Å². The highest BCUT2D eigenvalue weighted by Crippen LogP contribution is 2.20. The van der Waals surface area contributed by atoms with E-state index < -0.39 is 0 Å². The molecule has 0 saturated heterocycles. The molecule has 18 heavy (non-hydrogen) atoms. The summed E-state index contributed by atoms with van der Waals surface area (Å²) in [7, 11) is 1.89. The monoisotopic (exact) mass is 247 g/mol. The van der Waals surface area contributed by atoms with E-state index in [1.54, 1.807) is 0 Å². The molecule has 0 aliphatic heterocycles. The smallest absolute Gasteiger partial charge is 0.180 e. The number of imidazole rings is 1. The first kappa shape index (κ1) is 12.7. The van der Waals surface area contributed by atoms with Gasteiger partial charge in [-0.25, -0.2) is 9.97 Å². The number of nitrogens with zero attached hydrogens (tertiary/aromatic N) is 4. The zero-order valence-corrected chi connectivity index (χ0v) is 11.3. The average Bonchev–Trinajstić information content (AvgIpc) is 2.87. The third kappa shape index (κ3) is 2.39. The minimum absolute atomic E-state index is 0.866. The van der Waals surface area contributed by atoms with Crippen LogP contribution >= 0.6 is 0 Å². The van der Waals surface area contributed by atoms with Crippen LogP contribution in [0.5, 0.6) is 0 Å². The summed E-state index contributed by atoms with van der Waals surface area (Å²) >= 11 is 0. The van der Waals surface area contributed by atoms with E-state index in [0.717, 1.165) is 30.4 Å². The molecule has 0 aliphatic carbocycles. The molecule has 0 fully saturated rings. The first-order valence-electron chi connectivity index (χ1n) is 6.56. The molecule has 2 rings (SSSR count). The van der Waals surface area contributed by atoms with E-state index in [9.17, 15) is 0 Å². The predicted molar refractivity (Wildman–Crippen MR) is 75.3 cm³/mol. The van der Waals surface area contributed by atoms with Gasteiger partial charge in [-0.15, -0.1) is 0 Å². The second-order valence-corrected chi connectivity index (χ2v) is 4.29. The van der Waals surface area contributed by atoms with Gasteiger partial charge in [-0.2, -0.15) is 0 Å². The van der Waals surface area contributed by atoms with Gasteiger partial charge in [-0.05, 0) is 13.3 Å². The SMILES string of the molecule is CCCCN(CC)c1nc(NC)cn2ccnc12. The highest BCUT2D eigenvalue weighted by Gasteiger charge is 2.12. The molecule has 0 amide bonds. The van der Waals surface area contributed by atoms with E-state index in [1.807, 2.05) is 30.0 Å². The van der Waals surface area contributed by atoms with Crippen LogP contribution in [-0.4, -0.2) is 34.5 Å². The zero-order chi connectivity index (χ0) is 13.0. The van der Waals surface area contributed by atoms with Crippen LogP contribution in [0.15, 0.2) is 18.6 Å². The number of aromatic nitrogens is 3. The van der Waals surface area contributed by atoms with Crippen molar-refractivity contribution in [2.24, 2.45) is 0 Å². The highest BCUT2D eigenvalue weighted by atomic mass is 15.2. The summed E-state index contributed by atoms with van der Waals surface area (Å²) in [5.74, 6) is 1.83. The number of fused-ring (bicyclic) bond motifs is 1. The van der Waals surface area contributed by atoms with E-state index >= 15 is 0 Å². The lowest BCUT2D eigenvalue weighted by Gasteiger charge is -2.22. The highest BCUT2D eigenvalue weighted by molar-refractivity contribution is 5.66. The molecular weight excluding hydrogens is 226 g/mol. The van der Waals surface area contributed by atoms with Crippen LogP contribution in [-0.2, 0) is 0 Å². The van der Waals surface area contributed by atoms with Crippen LogP contribution in [0.25, 0.3) is 5.65 Å². The van der Waals surface area contributed by atoms with Crippen LogP contribution in [0.2, 0.25) is 0 Å². The van der Waals surface area contributed by atoms with Crippen LogP contribution in [0.4, 0.5) is 11.6 Å². The fourth-order valence-electron chi connectivity index (χ4n) is 2.01. The molecule has 0 spiro atoms. The average molecular weight is 247 g/mol. The Balaban J connectivity index is 2.42. The quantitative estimate of drug-likeness (QED) is 0.851. The van der Waals surface area contributed by atoms with Crippen molar-refractivity contribution in [3.05, 3.63) is 18.6 Å². The second-order valence-electron chi connectivity index (χ2n) is 4.29. The third-order valence-electron chi connectivity index (χ3n) is 3.08. The van der Waals surface area contributed by atoms with Gasteiger partial charge in [0.2, 0.25) is 0 Å². The van der Waals surface area contributed by atoms with Crippen LogP contribution in [0.3, 0.4) is 0 Å². The number of unbranched alkanes of at least 4 members (excludes halogenated alkanes) is 1. The standard InChI is InChI=1S/C13H21N5/c1-4-6-8-17(5-2)13-12-15-7-9-18(12)10-11(14-3)16-13/h7,9-10,14H,4-6,8H2,1-3H3. The Morgan fingerprint density at radius 3 is 2.89 bits per heavy atom.